The van der Waals surface area contributed by atoms with Gasteiger partial charge in [-0.25, -0.2) is 4.68 Å². The van der Waals surface area contributed by atoms with Crippen molar-refractivity contribution < 1.29 is 23.8 Å². The Morgan fingerprint density at radius 3 is 2.27 bits per heavy atom. The number of amides is 2. The summed E-state index contributed by atoms with van der Waals surface area (Å²) in [4.78, 5) is 27.2. The number of nitrogens with zero attached hydrogens (tertiary/aromatic N) is 2. The van der Waals surface area contributed by atoms with Crippen LogP contribution < -0.4 is 30.2 Å². The lowest BCUT2D eigenvalue weighted by Gasteiger charge is -2.31. The van der Waals surface area contributed by atoms with Crippen LogP contribution in [0, 0.1) is 6.92 Å². The average Bonchev–Trinajstić information content (AvgIpc) is 3.39. The Morgan fingerprint density at radius 2 is 1.59 bits per heavy atom. The summed E-state index contributed by atoms with van der Waals surface area (Å²) in [7, 11) is 4.68. The highest BCUT2D eigenvalue weighted by atomic mass is 16.5. The van der Waals surface area contributed by atoms with Crippen molar-refractivity contribution in [1.29, 1.82) is 0 Å². The Morgan fingerprint density at radius 1 is 0.854 bits per heavy atom. The summed E-state index contributed by atoms with van der Waals surface area (Å²) in [5, 5.41) is 13.8. The van der Waals surface area contributed by atoms with Crippen LogP contribution in [0.25, 0.3) is 0 Å². The van der Waals surface area contributed by atoms with Crippen LogP contribution >= 0.6 is 0 Å². The maximum Gasteiger partial charge on any atom is 0.261 e. The molecule has 4 aromatic rings. The number of ether oxygens (including phenoxy) is 3. The van der Waals surface area contributed by atoms with Crippen LogP contribution in [0.5, 0.6) is 17.2 Å². The van der Waals surface area contributed by atoms with Gasteiger partial charge >= 0.3 is 0 Å². The number of para-hydroxylation sites is 1. The number of hydrogen-bond acceptors (Lipinski definition) is 7. The van der Waals surface area contributed by atoms with E-state index >= 15 is 0 Å². The van der Waals surface area contributed by atoms with Gasteiger partial charge in [-0.3, -0.25) is 9.59 Å². The number of hydrogen-bond donors (Lipinski definition) is 3. The average molecular weight is 554 g/mol. The van der Waals surface area contributed by atoms with E-state index in [2.05, 4.69) is 21.0 Å². The molecule has 2 amide bonds. The largest absolute Gasteiger partial charge is 0.497 e. The molecule has 41 heavy (non-hydrogen) atoms. The number of anilines is 3. The van der Waals surface area contributed by atoms with E-state index in [0.29, 0.717) is 56.8 Å². The minimum absolute atomic E-state index is 0.326. The predicted molar refractivity (Wildman–Crippen MR) is 157 cm³/mol. The summed E-state index contributed by atoms with van der Waals surface area (Å²) in [5.41, 5.74) is 4.21. The van der Waals surface area contributed by atoms with Gasteiger partial charge in [-0.15, -0.1) is 0 Å². The summed E-state index contributed by atoms with van der Waals surface area (Å²) in [6.07, 6.45) is 1.49. The van der Waals surface area contributed by atoms with Crippen LogP contribution in [0.3, 0.4) is 0 Å². The fourth-order valence-corrected chi connectivity index (χ4v) is 4.92. The van der Waals surface area contributed by atoms with Gasteiger partial charge in [-0.2, -0.15) is 5.10 Å². The van der Waals surface area contributed by atoms with Gasteiger partial charge in [0.1, 0.15) is 23.2 Å². The maximum absolute atomic E-state index is 13.9. The molecule has 1 atom stereocenters. The van der Waals surface area contributed by atoms with Gasteiger partial charge in [-0.1, -0.05) is 24.3 Å². The van der Waals surface area contributed by atoms with E-state index in [-0.39, 0.29) is 11.8 Å². The van der Waals surface area contributed by atoms with Gasteiger partial charge in [-0.05, 0) is 61.9 Å². The van der Waals surface area contributed by atoms with Crippen LogP contribution in [-0.2, 0) is 4.79 Å². The molecule has 0 radical (unpaired) electrons. The first-order valence-corrected chi connectivity index (χ1v) is 12.9. The van der Waals surface area contributed by atoms with E-state index in [1.807, 2.05) is 43.3 Å². The first kappa shape index (κ1) is 27.3. The van der Waals surface area contributed by atoms with E-state index in [9.17, 15) is 9.59 Å². The van der Waals surface area contributed by atoms with Crippen LogP contribution in [0.15, 0.2) is 84.2 Å². The lowest BCUT2D eigenvalue weighted by Crippen LogP contribution is -2.32. The molecule has 0 spiro atoms. The summed E-state index contributed by atoms with van der Waals surface area (Å²) in [6, 6.07) is 19.3. The van der Waals surface area contributed by atoms with Crippen molar-refractivity contribution in [2.75, 3.05) is 37.3 Å². The lowest BCUT2D eigenvalue weighted by atomic mass is 9.93. The third-order valence-electron chi connectivity index (χ3n) is 6.86. The van der Waals surface area contributed by atoms with Crippen LogP contribution in [-0.4, -0.2) is 42.9 Å². The zero-order chi connectivity index (χ0) is 29.1. The number of nitrogens with one attached hydrogen (secondary N) is 3. The Labute approximate surface area is 237 Å². The van der Waals surface area contributed by atoms with Crippen molar-refractivity contribution in [3.63, 3.8) is 0 Å². The topological polar surface area (TPSA) is 116 Å². The minimum Gasteiger partial charge on any atom is -0.497 e. The Balaban J connectivity index is 1.59. The Hall–Kier alpha value is -5.25. The van der Waals surface area contributed by atoms with Gasteiger partial charge in [0.15, 0.2) is 11.5 Å². The molecule has 1 aliphatic heterocycles. The van der Waals surface area contributed by atoms with Gasteiger partial charge in [0, 0.05) is 22.6 Å². The van der Waals surface area contributed by atoms with Crippen molar-refractivity contribution in [2.45, 2.75) is 19.9 Å². The molecule has 0 aliphatic carbocycles. The van der Waals surface area contributed by atoms with Crippen LogP contribution in [0.1, 0.15) is 34.5 Å². The summed E-state index contributed by atoms with van der Waals surface area (Å²) in [5.74, 6) is 1.40. The fraction of sp³-hybridized carbons (Fsp3) is 0.194. The van der Waals surface area contributed by atoms with Crippen molar-refractivity contribution in [3.05, 3.63) is 101 Å². The first-order chi connectivity index (χ1) is 19.8. The lowest BCUT2D eigenvalue weighted by molar-refractivity contribution is -0.113. The van der Waals surface area contributed by atoms with E-state index in [1.54, 1.807) is 63.3 Å². The van der Waals surface area contributed by atoms with Crippen LogP contribution in [0.2, 0.25) is 0 Å². The van der Waals surface area contributed by atoms with Crippen molar-refractivity contribution in [2.24, 2.45) is 0 Å². The van der Waals surface area contributed by atoms with Gasteiger partial charge in [0.05, 0.1) is 33.1 Å². The van der Waals surface area contributed by atoms with Crippen molar-refractivity contribution in [3.8, 4) is 17.2 Å². The number of benzene rings is 3. The highest BCUT2D eigenvalue weighted by Crippen LogP contribution is 2.44. The highest BCUT2D eigenvalue weighted by Gasteiger charge is 2.37. The molecule has 10 heteroatoms. The molecule has 0 saturated heterocycles. The SMILES string of the molecule is COc1ccc(NC(=O)C2=C(C)Nc3c(C(=O)Nc4cccc(C)c4)cnn3[C@@H]2c2cccc(OC)c2OC)cc1. The molecule has 5 rings (SSSR count). The second-order valence-corrected chi connectivity index (χ2v) is 9.51. The van der Waals surface area contributed by atoms with E-state index in [0.717, 1.165) is 5.56 Å². The molecule has 3 N–H and O–H groups in total. The third kappa shape index (κ3) is 5.31. The monoisotopic (exact) mass is 553 g/mol. The standard InChI is InChI=1S/C31H31N5O5/c1-18-8-6-9-21(16-18)35-30(37)24-17-32-36-27(23-10-7-11-25(40-4)28(23)41-5)26(19(2)33-29(24)36)31(38)34-20-12-14-22(39-3)15-13-20/h6-17,27,33H,1-5H3,(H,34,38)(H,35,37)/t27-/m1/s1. The second kappa shape index (κ2) is 11.5. The quantitative estimate of drug-likeness (QED) is 0.268. The third-order valence-corrected chi connectivity index (χ3v) is 6.86. The molecule has 0 bridgehead atoms. The molecule has 1 aromatic heterocycles. The molecule has 10 nitrogen and oxygen atoms in total. The van der Waals surface area contributed by atoms with Gasteiger partial charge < -0.3 is 30.2 Å². The fourth-order valence-electron chi connectivity index (χ4n) is 4.92. The summed E-state index contributed by atoms with van der Waals surface area (Å²) in [6.45, 7) is 3.75. The van der Waals surface area contributed by atoms with Gasteiger partial charge in [0.2, 0.25) is 0 Å². The zero-order valence-electron chi connectivity index (χ0n) is 23.4. The number of carbonyl (C=O) groups is 2. The molecule has 2 heterocycles. The smallest absolute Gasteiger partial charge is 0.261 e. The van der Waals surface area contributed by atoms with Crippen molar-refractivity contribution >= 4 is 29.0 Å². The molecule has 210 valence electrons. The molecular formula is C31H31N5O5. The molecule has 0 fully saturated rings. The molecule has 3 aromatic carbocycles. The number of allylic oxidation sites excluding steroid dienone is 1. The zero-order valence-corrected chi connectivity index (χ0v) is 23.4. The number of aromatic nitrogens is 2. The number of aryl methyl sites for hydroxylation is 1. The normalized spacial score (nSPS) is 14.0. The van der Waals surface area contributed by atoms with E-state index < -0.39 is 6.04 Å². The first-order valence-electron chi connectivity index (χ1n) is 12.9. The number of methoxy groups -OCH3 is 3. The molecule has 0 saturated carbocycles. The van der Waals surface area contributed by atoms with Crippen molar-refractivity contribution in [1.82, 2.24) is 9.78 Å². The number of fused-ring (bicyclic) bond motifs is 1. The van der Waals surface area contributed by atoms with Gasteiger partial charge in [0.25, 0.3) is 11.8 Å². The summed E-state index contributed by atoms with van der Waals surface area (Å²) < 4.78 is 18.2. The molecule has 0 unspecified atom stereocenters. The minimum atomic E-state index is -0.741. The van der Waals surface area contributed by atoms with Crippen LogP contribution in [0.4, 0.5) is 17.2 Å². The Bertz CT molecular complexity index is 1640. The molecule has 1 aliphatic rings. The maximum atomic E-state index is 13.9. The second-order valence-electron chi connectivity index (χ2n) is 9.51. The Kier molecular flexibility index (Phi) is 7.64. The summed E-state index contributed by atoms with van der Waals surface area (Å²) >= 11 is 0. The molecular weight excluding hydrogens is 522 g/mol. The van der Waals surface area contributed by atoms with E-state index in [4.69, 9.17) is 14.2 Å². The number of carbonyl (C=O) groups excluding carboxylic acids is 2. The van der Waals surface area contributed by atoms with E-state index in [1.165, 1.54) is 6.20 Å². The predicted octanol–water partition coefficient (Wildman–Crippen LogP) is 5.40. The number of rotatable bonds is 8. The highest BCUT2D eigenvalue weighted by molar-refractivity contribution is 6.09.